The Morgan fingerprint density at radius 3 is 1.34 bits per heavy atom. The zero-order chi connectivity index (χ0) is 22.2. The number of carbonyl (C=O) groups is 4. The van der Waals surface area contributed by atoms with Crippen molar-refractivity contribution in [3.63, 3.8) is 0 Å². The van der Waals surface area contributed by atoms with E-state index in [1.165, 1.54) is 0 Å². The third kappa shape index (κ3) is 4.06. The minimum Gasteiger partial charge on any atom is -0.465 e. The van der Waals surface area contributed by atoms with E-state index in [9.17, 15) is 19.2 Å². The van der Waals surface area contributed by atoms with Gasteiger partial charge in [-0.15, -0.1) is 0 Å². The lowest BCUT2D eigenvalue weighted by molar-refractivity contribution is -0.204. The Balaban J connectivity index is 3.97. The number of hydrogen-bond acceptors (Lipinski definition) is 8. The molecule has 0 radical (unpaired) electrons. The summed E-state index contributed by atoms with van der Waals surface area (Å²) in [6, 6.07) is 0. The maximum Gasteiger partial charge on any atom is 0.325 e. The molecule has 0 aromatic heterocycles. The van der Waals surface area contributed by atoms with Gasteiger partial charge in [0.2, 0.25) is 0 Å². The van der Waals surface area contributed by atoms with E-state index < -0.39 is 34.7 Å². The Hall–Kier alpha value is -2.64. The SMILES string of the molecule is C=C1CC(C(=O)OCC)(C(=O)OCC)C(C(=O)OCC)(C(=O)OCC)C/C1=C\C. The van der Waals surface area contributed by atoms with Crippen molar-refractivity contribution < 1.29 is 38.1 Å². The minimum absolute atomic E-state index is 0.0617. The molecule has 0 unspecified atom stereocenters. The molecule has 0 heterocycles. The molecule has 0 spiro atoms. The number of rotatable bonds is 8. The van der Waals surface area contributed by atoms with E-state index in [0.717, 1.165) is 0 Å². The molecule has 1 saturated carbocycles. The van der Waals surface area contributed by atoms with Crippen LogP contribution < -0.4 is 0 Å². The van der Waals surface area contributed by atoms with E-state index in [2.05, 4.69) is 6.58 Å². The van der Waals surface area contributed by atoms with Gasteiger partial charge in [0.1, 0.15) is 0 Å². The third-order valence-corrected chi connectivity index (χ3v) is 4.96. The number of hydrogen-bond donors (Lipinski definition) is 0. The van der Waals surface area contributed by atoms with Crippen LogP contribution in [-0.2, 0) is 38.1 Å². The maximum absolute atomic E-state index is 13.2. The van der Waals surface area contributed by atoms with Crippen LogP contribution in [0.3, 0.4) is 0 Å². The molecule has 162 valence electrons. The molecule has 8 heteroatoms. The summed E-state index contributed by atoms with van der Waals surface area (Å²) in [6.07, 6.45) is 1.05. The van der Waals surface area contributed by atoms with Gasteiger partial charge >= 0.3 is 23.9 Å². The molecule has 0 aromatic rings. The van der Waals surface area contributed by atoms with E-state index in [1.807, 2.05) is 0 Å². The average Bonchev–Trinajstić information content (AvgIpc) is 2.68. The maximum atomic E-state index is 13.2. The Bertz CT molecular complexity index is 667. The molecule has 0 aromatic carbocycles. The van der Waals surface area contributed by atoms with Gasteiger partial charge in [-0.05, 0) is 40.2 Å². The molecule has 1 aliphatic rings. The van der Waals surface area contributed by atoms with Crippen LogP contribution in [0.25, 0.3) is 0 Å². The van der Waals surface area contributed by atoms with Crippen molar-refractivity contribution in [2.75, 3.05) is 26.4 Å². The van der Waals surface area contributed by atoms with Gasteiger partial charge in [-0.1, -0.05) is 18.2 Å². The van der Waals surface area contributed by atoms with Crippen molar-refractivity contribution in [3.8, 4) is 0 Å². The van der Waals surface area contributed by atoms with Crippen LogP contribution in [-0.4, -0.2) is 50.3 Å². The predicted molar refractivity (Wildman–Crippen MR) is 104 cm³/mol. The van der Waals surface area contributed by atoms with Gasteiger partial charge in [0.15, 0.2) is 10.8 Å². The largest absolute Gasteiger partial charge is 0.465 e. The first kappa shape index (κ1) is 24.4. The summed E-state index contributed by atoms with van der Waals surface area (Å²) in [5.41, 5.74) is -3.62. The smallest absolute Gasteiger partial charge is 0.325 e. The summed E-state index contributed by atoms with van der Waals surface area (Å²) < 4.78 is 20.7. The highest BCUT2D eigenvalue weighted by atomic mass is 16.6. The second kappa shape index (κ2) is 10.2. The molecule has 0 N–H and O–H groups in total. The Kier molecular flexibility index (Phi) is 8.60. The molecule has 1 fully saturated rings. The highest BCUT2D eigenvalue weighted by molar-refractivity contribution is 6.15. The van der Waals surface area contributed by atoms with Crippen LogP contribution in [0.5, 0.6) is 0 Å². The van der Waals surface area contributed by atoms with Gasteiger partial charge in [0.25, 0.3) is 0 Å². The summed E-state index contributed by atoms with van der Waals surface area (Å²) in [5, 5.41) is 0. The standard InChI is InChI=1S/C21H30O8/c1-7-15-13-21(18(24)28-10-4,19(25)29-11-5)20(12-14(15)6,16(22)26-8-2)17(23)27-9-3/h7H,6,8-13H2,1-5H3/b15-7+. The van der Waals surface area contributed by atoms with Gasteiger partial charge in [-0.3, -0.25) is 19.2 Å². The summed E-state index contributed by atoms with van der Waals surface area (Å²) in [6.45, 7) is 11.6. The van der Waals surface area contributed by atoms with Crippen molar-refractivity contribution >= 4 is 23.9 Å². The van der Waals surface area contributed by atoms with Crippen molar-refractivity contribution in [1.29, 1.82) is 0 Å². The normalized spacial score (nSPS) is 18.7. The number of allylic oxidation sites excluding steroid dienone is 3. The van der Waals surface area contributed by atoms with E-state index in [-0.39, 0.29) is 39.3 Å². The molecule has 0 saturated heterocycles. The van der Waals surface area contributed by atoms with Crippen LogP contribution in [0.4, 0.5) is 0 Å². The lowest BCUT2D eigenvalue weighted by Crippen LogP contribution is -2.64. The molecule has 29 heavy (non-hydrogen) atoms. The van der Waals surface area contributed by atoms with Crippen molar-refractivity contribution in [2.24, 2.45) is 10.8 Å². The molecule has 1 rings (SSSR count). The van der Waals surface area contributed by atoms with Gasteiger partial charge in [0, 0.05) is 12.8 Å². The summed E-state index contributed by atoms with van der Waals surface area (Å²) in [4.78, 5) is 52.9. The number of ether oxygens (including phenoxy) is 4. The first-order valence-electron chi connectivity index (χ1n) is 9.75. The van der Waals surface area contributed by atoms with Crippen molar-refractivity contribution in [3.05, 3.63) is 23.8 Å². The lowest BCUT2D eigenvalue weighted by Gasteiger charge is -2.46. The molecular formula is C21H30O8. The second-order valence-corrected chi connectivity index (χ2v) is 6.46. The fourth-order valence-corrected chi connectivity index (χ4v) is 3.62. The van der Waals surface area contributed by atoms with Crippen molar-refractivity contribution in [1.82, 2.24) is 0 Å². The summed E-state index contributed by atoms with van der Waals surface area (Å²) in [5.74, 6) is -4.16. The minimum atomic E-state index is -2.30. The van der Waals surface area contributed by atoms with Crippen LogP contribution in [0.15, 0.2) is 23.8 Å². The number of esters is 4. The van der Waals surface area contributed by atoms with E-state index >= 15 is 0 Å². The topological polar surface area (TPSA) is 105 Å². The molecule has 0 bridgehead atoms. The third-order valence-electron chi connectivity index (χ3n) is 4.96. The quantitative estimate of drug-likeness (QED) is 0.341. The van der Waals surface area contributed by atoms with Crippen LogP contribution in [0, 0.1) is 10.8 Å². The highest BCUT2D eigenvalue weighted by Gasteiger charge is 2.75. The van der Waals surface area contributed by atoms with E-state index in [4.69, 9.17) is 18.9 Å². The molecule has 8 nitrogen and oxygen atoms in total. The summed E-state index contributed by atoms with van der Waals surface area (Å²) in [7, 11) is 0. The van der Waals surface area contributed by atoms with Crippen LogP contribution in [0.2, 0.25) is 0 Å². The lowest BCUT2D eigenvalue weighted by atomic mass is 9.53. The molecular weight excluding hydrogens is 380 g/mol. The monoisotopic (exact) mass is 410 g/mol. The van der Waals surface area contributed by atoms with Gasteiger partial charge in [0.05, 0.1) is 26.4 Å². The van der Waals surface area contributed by atoms with E-state index in [0.29, 0.717) is 11.1 Å². The Morgan fingerprint density at radius 1 is 0.759 bits per heavy atom. The van der Waals surface area contributed by atoms with E-state index in [1.54, 1.807) is 40.7 Å². The highest BCUT2D eigenvalue weighted by Crippen LogP contribution is 2.57. The zero-order valence-corrected chi connectivity index (χ0v) is 17.8. The van der Waals surface area contributed by atoms with Gasteiger partial charge in [-0.25, -0.2) is 0 Å². The van der Waals surface area contributed by atoms with Crippen molar-refractivity contribution in [2.45, 2.75) is 47.5 Å². The van der Waals surface area contributed by atoms with Crippen LogP contribution >= 0.6 is 0 Å². The Labute approximate surface area is 171 Å². The number of carbonyl (C=O) groups excluding carboxylic acids is 4. The first-order chi connectivity index (χ1) is 13.7. The average molecular weight is 410 g/mol. The molecule has 0 aliphatic heterocycles. The fraction of sp³-hybridized carbons (Fsp3) is 0.619. The zero-order valence-electron chi connectivity index (χ0n) is 17.8. The fourth-order valence-electron chi connectivity index (χ4n) is 3.62. The molecule has 0 atom stereocenters. The molecule has 0 amide bonds. The predicted octanol–water partition coefficient (Wildman–Crippen LogP) is 2.51. The summed E-state index contributed by atoms with van der Waals surface area (Å²) >= 11 is 0. The molecule has 1 aliphatic carbocycles. The van der Waals surface area contributed by atoms with Gasteiger partial charge in [-0.2, -0.15) is 0 Å². The first-order valence-corrected chi connectivity index (χ1v) is 9.75. The Morgan fingerprint density at radius 2 is 1.07 bits per heavy atom. The second-order valence-electron chi connectivity index (χ2n) is 6.46. The van der Waals surface area contributed by atoms with Gasteiger partial charge < -0.3 is 18.9 Å². The van der Waals surface area contributed by atoms with Crippen LogP contribution in [0.1, 0.15) is 47.5 Å².